The van der Waals surface area contributed by atoms with Gasteiger partial charge in [-0.05, 0) is 31.2 Å². The second kappa shape index (κ2) is 5.31. The van der Waals surface area contributed by atoms with Crippen molar-refractivity contribution >= 4 is 11.6 Å². The van der Waals surface area contributed by atoms with Crippen LogP contribution in [-0.4, -0.2) is 25.4 Å². The van der Waals surface area contributed by atoms with E-state index in [2.05, 4.69) is 15.1 Å². The second-order valence-corrected chi connectivity index (χ2v) is 5.39. The zero-order valence-electron chi connectivity index (χ0n) is 12.8. The normalized spacial score (nSPS) is 11.0. The third kappa shape index (κ3) is 2.23. The summed E-state index contributed by atoms with van der Waals surface area (Å²) in [6.45, 7) is 1.92. The van der Waals surface area contributed by atoms with Gasteiger partial charge in [-0.25, -0.2) is 4.98 Å². The van der Waals surface area contributed by atoms with E-state index < -0.39 is 5.91 Å². The Balaban J connectivity index is 1.88. The van der Waals surface area contributed by atoms with Gasteiger partial charge in [0.1, 0.15) is 11.3 Å². The van der Waals surface area contributed by atoms with Gasteiger partial charge in [-0.2, -0.15) is 0 Å². The lowest BCUT2D eigenvalue weighted by molar-refractivity contribution is 0.0995. The van der Waals surface area contributed by atoms with Crippen molar-refractivity contribution < 1.29 is 9.32 Å². The number of fused-ring (bicyclic) bond motifs is 1. The van der Waals surface area contributed by atoms with E-state index in [1.165, 1.54) is 6.20 Å². The first-order valence-corrected chi connectivity index (χ1v) is 7.29. The minimum absolute atomic E-state index is 0.307. The van der Waals surface area contributed by atoms with Crippen LogP contribution in [0.1, 0.15) is 16.2 Å². The van der Waals surface area contributed by atoms with Crippen molar-refractivity contribution in [3.05, 3.63) is 60.3 Å². The standard InChI is InChI=1S/C17H13N5O2/c1-10-3-2-4-13(21-10)12-7-20-24-16(12)11-5-6-15-19-8-14(17(18)23)22(15)9-11/h2-9H,1H3,(H2,18,23). The Bertz CT molecular complexity index is 1060. The third-order valence-corrected chi connectivity index (χ3v) is 3.75. The monoisotopic (exact) mass is 319 g/mol. The van der Waals surface area contributed by atoms with Crippen LogP contribution in [0.25, 0.3) is 28.2 Å². The molecule has 0 saturated heterocycles. The lowest BCUT2D eigenvalue weighted by atomic mass is 10.1. The summed E-state index contributed by atoms with van der Waals surface area (Å²) in [7, 11) is 0. The average molecular weight is 319 g/mol. The Morgan fingerprint density at radius 3 is 2.88 bits per heavy atom. The molecule has 7 heteroatoms. The van der Waals surface area contributed by atoms with Crippen LogP contribution in [0, 0.1) is 6.92 Å². The van der Waals surface area contributed by atoms with Gasteiger partial charge in [-0.3, -0.25) is 14.2 Å². The maximum Gasteiger partial charge on any atom is 0.267 e. The molecule has 0 aliphatic heterocycles. The maximum atomic E-state index is 11.5. The smallest absolute Gasteiger partial charge is 0.267 e. The Morgan fingerprint density at radius 1 is 1.21 bits per heavy atom. The molecule has 0 aliphatic carbocycles. The molecule has 0 saturated carbocycles. The molecule has 24 heavy (non-hydrogen) atoms. The number of amides is 1. The molecule has 0 unspecified atom stereocenters. The largest absolute Gasteiger partial charge is 0.364 e. The summed E-state index contributed by atoms with van der Waals surface area (Å²) in [5.41, 5.74) is 9.52. The summed E-state index contributed by atoms with van der Waals surface area (Å²) in [6, 6.07) is 9.39. The van der Waals surface area contributed by atoms with Crippen molar-refractivity contribution in [2.45, 2.75) is 6.92 Å². The topological polar surface area (TPSA) is 99.3 Å². The zero-order chi connectivity index (χ0) is 16.7. The van der Waals surface area contributed by atoms with Gasteiger partial charge in [0.05, 0.1) is 23.7 Å². The number of aromatic nitrogens is 4. The van der Waals surface area contributed by atoms with Crippen molar-refractivity contribution in [1.29, 1.82) is 0 Å². The number of carbonyl (C=O) groups is 1. The van der Waals surface area contributed by atoms with Crippen LogP contribution in [-0.2, 0) is 0 Å². The molecule has 0 aromatic carbocycles. The summed E-state index contributed by atoms with van der Waals surface area (Å²) in [6.07, 6.45) is 4.83. The van der Waals surface area contributed by atoms with Crippen LogP contribution in [0.3, 0.4) is 0 Å². The van der Waals surface area contributed by atoms with Crippen molar-refractivity contribution in [3.8, 4) is 22.6 Å². The predicted octanol–water partition coefficient (Wildman–Crippen LogP) is 2.46. The minimum atomic E-state index is -0.544. The first-order chi connectivity index (χ1) is 11.6. The van der Waals surface area contributed by atoms with E-state index in [0.29, 0.717) is 17.1 Å². The fraction of sp³-hybridized carbons (Fsp3) is 0.0588. The second-order valence-electron chi connectivity index (χ2n) is 5.39. The van der Waals surface area contributed by atoms with Crippen LogP contribution >= 0.6 is 0 Å². The molecule has 0 aliphatic rings. The lowest BCUT2D eigenvalue weighted by Crippen LogP contribution is -2.13. The van der Waals surface area contributed by atoms with Gasteiger partial charge < -0.3 is 10.3 Å². The highest BCUT2D eigenvalue weighted by molar-refractivity contribution is 5.92. The number of primary amides is 1. The number of nitrogens with zero attached hydrogens (tertiary/aromatic N) is 4. The SMILES string of the molecule is Cc1cccc(-c2cnoc2-c2ccc3ncc(C(N)=O)n3c2)n1. The third-order valence-electron chi connectivity index (χ3n) is 3.75. The van der Waals surface area contributed by atoms with E-state index in [4.69, 9.17) is 10.3 Å². The van der Waals surface area contributed by atoms with Crippen molar-refractivity contribution in [2.24, 2.45) is 5.73 Å². The fourth-order valence-corrected chi connectivity index (χ4v) is 2.62. The van der Waals surface area contributed by atoms with Crippen molar-refractivity contribution in [1.82, 2.24) is 19.5 Å². The molecule has 0 fully saturated rings. The summed E-state index contributed by atoms with van der Waals surface area (Å²) < 4.78 is 7.06. The number of imidazole rings is 1. The maximum absolute atomic E-state index is 11.5. The van der Waals surface area contributed by atoms with Crippen LogP contribution in [0.15, 0.2) is 53.4 Å². The molecule has 118 valence electrons. The van der Waals surface area contributed by atoms with Gasteiger partial charge >= 0.3 is 0 Å². The van der Waals surface area contributed by atoms with Gasteiger partial charge in [-0.15, -0.1) is 0 Å². The molecule has 2 N–H and O–H groups in total. The van der Waals surface area contributed by atoms with Crippen LogP contribution in [0.2, 0.25) is 0 Å². The van der Waals surface area contributed by atoms with E-state index in [9.17, 15) is 4.79 Å². The highest BCUT2D eigenvalue weighted by Crippen LogP contribution is 2.31. The summed E-state index contributed by atoms with van der Waals surface area (Å²) >= 11 is 0. The van der Waals surface area contributed by atoms with Crippen LogP contribution in [0.4, 0.5) is 0 Å². The lowest BCUT2D eigenvalue weighted by Gasteiger charge is -2.04. The Morgan fingerprint density at radius 2 is 2.08 bits per heavy atom. The summed E-state index contributed by atoms with van der Waals surface area (Å²) in [5.74, 6) is 0.0249. The summed E-state index contributed by atoms with van der Waals surface area (Å²) in [5, 5.41) is 3.90. The molecule has 4 rings (SSSR count). The zero-order valence-corrected chi connectivity index (χ0v) is 12.8. The highest BCUT2D eigenvalue weighted by Gasteiger charge is 2.16. The van der Waals surface area contributed by atoms with Gasteiger partial charge in [0, 0.05) is 17.5 Å². The molecule has 0 atom stereocenters. The van der Waals surface area contributed by atoms with E-state index in [-0.39, 0.29) is 0 Å². The molecule has 7 nitrogen and oxygen atoms in total. The first-order valence-electron chi connectivity index (χ1n) is 7.29. The van der Waals surface area contributed by atoms with Crippen LogP contribution < -0.4 is 5.73 Å². The summed E-state index contributed by atoms with van der Waals surface area (Å²) in [4.78, 5) is 20.2. The first kappa shape index (κ1) is 14.1. The van der Waals surface area contributed by atoms with Gasteiger partial charge in [0.15, 0.2) is 5.76 Å². The Hall–Kier alpha value is -3.48. The molecule has 4 aromatic rings. The van der Waals surface area contributed by atoms with E-state index in [1.807, 2.05) is 31.2 Å². The quantitative estimate of drug-likeness (QED) is 0.625. The number of nitrogens with two attached hydrogens (primary N) is 1. The molecule has 0 bridgehead atoms. The highest BCUT2D eigenvalue weighted by atomic mass is 16.5. The Kier molecular flexibility index (Phi) is 3.13. The number of hydrogen-bond acceptors (Lipinski definition) is 5. The van der Waals surface area contributed by atoms with Crippen molar-refractivity contribution in [2.75, 3.05) is 0 Å². The van der Waals surface area contributed by atoms with E-state index >= 15 is 0 Å². The van der Waals surface area contributed by atoms with E-state index in [1.54, 1.807) is 22.9 Å². The number of rotatable bonds is 3. The van der Waals surface area contributed by atoms with E-state index in [0.717, 1.165) is 22.5 Å². The Labute approximate surface area is 136 Å². The minimum Gasteiger partial charge on any atom is -0.364 e. The number of pyridine rings is 2. The molecule has 4 heterocycles. The fourth-order valence-electron chi connectivity index (χ4n) is 2.62. The van der Waals surface area contributed by atoms with Gasteiger partial charge in [0.25, 0.3) is 5.91 Å². The van der Waals surface area contributed by atoms with Crippen LogP contribution in [0.5, 0.6) is 0 Å². The molecule has 0 radical (unpaired) electrons. The number of aryl methyl sites for hydroxylation is 1. The molecular formula is C17H13N5O2. The van der Waals surface area contributed by atoms with Crippen molar-refractivity contribution in [3.63, 3.8) is 0 Å². The molecule has 0 spiro atoms. The van der Waals surface area contributed by atoms with Gasteiger partial charge in [-0.1, -0.05) is 11.2 Å². The molecule has 1 amide bonds. The molecular weight excluding hydrogens is 306 g/mol. The number of carbonyl (C=O) groups excluding carboxylic acids is 1. The average Bonchev–Trinajstić information content (AvgIpc) is 3.21. The predicted molar refractivity (Wildman–Crippen MR) is 87.2 cm³/mol. The van der Waals surface area contributed by atoms with Gasteiger partial charge in [0.2, 0.25) is 0 Å². The molecule has 4 aromatic heterocycles. The number of hydrogen-bond donors (Lipinski definition) is 1.